The fourth-order valence-electron chi connectivity index (χ4n) is 3.45. The summed E-state index contributed by atoms with van der Waals surface area (Å²) in [5.41, 5.74) is 2.21. The number of ether oxygens (including phenoxy) is 2. The number of rotatable bonds is 6. The lowest BCUT2D eigenvalue weighted by Gasteiger charge is -2.13. The van der Waals surface area contributed by atoms with Crippen molar-refractivity contribution in [2.75, 3.05) is 19.0 Å². The molecule has 0 fully saturated rings. The maximum Gasteiger partial charge on any atom is 0.343 e. The van der Waals surface area contributed by atoms with Crippen LogP contribution in [0.1, 0.15) is 33.2 Å². The molecular formula is C24H22N4O4. The smallest absolute Gasteiger partial charge is 0.343 e. The van der Waals surface area contributed by atoms with E-state index >= 15 is 0 Å². The SMILES string of the molecule is CCOC(=O)c1cnn(-c2cc(C)c3ccccc3n2)c1NC(=O)c1ccccc1OC. The highest BCUT2D eigenvalue weighted by Crippen LogP contribution is 2.26. The van der Waals surface area contributed by atoms with Gasteiger partial charge >= 0.3 is 5.97 Å². The van der Waals surface area contributed by atoms with E-state index in [4.69, 9.17) is 9.47 Å². The Labute approximate surface area is 184 Å². The largest absolute Gasteiger partial charge is 0.496 e. The van der Waals surface area contributed by atoms with Crippen molar-refractivity contribution in [3.05, 3.63) is 77.5 Å². The lowest BCUT2D eigenvalue weighted by molar-refractivity contribution is 0.0527. The van der Waals surface area contributed by atoms with Crippen LogP contribution in [-0.4, -0.2) is 40.4 Å². The zero-order chi connectivity index (χ0) is 22.7. The molecule has 0 saturated heterocycles. The minimum Gasteiger partial charge on any atom is -0.496 e. The molecule has 0 atom stereocenters. The monoisotopic (exact) mass is 430 g/mol. The molecule has 32 heavy (non-hydrogen) atoms. The summed E-state index contributed by atoms with van der Waals surface area (Å²) in [6, 6.07) is 16.4. The number of pyridine rings is 1. The van der Waals surface area contributed by atoms with E-state index in [1.54, 1.807) is 31.2 Å². The van der Waals surface area contributed by atoms with Gasteiger partial charge in [-0.3, -0.25) is 4.79 Å². The van der Waals surface area contributed by atoms with Crippen LogP contribution in [-0.2, 0) is 4.74 Å². The molecule has 2 heterocycles. The Bertz CT molecular complexity index is 1310. The van der Waals surface area contributed by atoms with Gasteiger partial charge in [-0.05, 0) is 43.7 Å². The number of methoxy groups -OCH3 is 1. The van der Waals surface area contributed by atoms with Gasteiger partial charge in [0.25, 0.3) is 5.91 Å². The van der Waals surface area contributed by atoms with Gasteiger partial charge in [-0.2, -0.15) is 9.78 Å². The summed E-state index contributed by atoms with van der Waals surface area (Å²) in [4.78, 5) is 30.3. The Morgan fingerprint density at radius 2 is 1.81 bits per heavy atom. The van der Waals surface area contributed by atoms with Crippen LogP contribution in [0.3, 0.4) is 0 Å². The molecule has 1 amide bonds. The number of para-hydroxylation sites is 2. The van der Waals surface area contributed by atoms with E-state index in [1.807, 2.05) is 37.3 Å². The molecule has 162 valence electrons. The summed E-state index contributed by atoms with van der Waals surface area (Å²) >= 11 is 0. The third-order valence-corrected chi connectivity index (χ3v) is 4.97. The first-order chi connectivity index (χ1) is 15.5. The molecule has 2 aromatic heterocycles. The van der Waals surface area contributed by atoms with Crippen molar-refractivity contribution < 1.29 is 19.1 Å². The second-order valence-corrected chi connectivity index (χ2v) is 7.01. The maximum absolute atomic E-state index is 13.1. The topological polar surface area (TPSA) is 95.3 Å². The Morgan fingerprint density at radius 1 is 1.06 bits per heavy atom. The third-order valence-electron chi connectivity index (χ3n) is 4.97. The molecule has 0 aliphatic rings. The van der Waals surface area contributed by atoms with Gasteiger partial charge in [-0.1, -0.05) is 30.3 Å². The highest BCUT2D eigenvalue weighted by molar-refractivity contribution is 6.08. The Morgan fingerprint density at radius 3 is 2.59 bits per heavy atom. The van der Waals surface area contributed by atoms with Crippen LogP contribution < -0.4 is 10.1 Å². The molecular weight excluding hydrogens is 408 g/mol. The Balaban J connectivity index is 1.82. The molecule has 0 unspecified atom stereocenters. The summed E-state index contributed by atoms with van der Waals surface area (Å²) in [6.07, 6.45) is 1.36. The minimum absolute atomic E-state index is 0.128. The first kappa shape index (κ1) is 21.0. The number of amides is 1. The standard InChI is InChI=1S/C24H22N4O4/c1-4-32-24(30)18-14-25-28(21-13-15(2)16-9-5-7-11-19(16)26-21)22(18)27-23(29)17-10-6-8-12-20(17)31-3/h5-14H,4H2,1-3H3,(H,27,29). The van der Waals surface area contributed by atoms with Gasteiger partial charge in [-0.15, -0.1) is 0 Å². The normalized spacial score (nSPS) is 10.7. The van der Waals surface area contributed by atoms with Crippen LogP contribution in [0, 0.1) is 6.92 Å². The quantitative estimate of drug-likeness (QED) is 0.462. The molecule has 0 saturated carbocycles. The second-order valence-electron chi connectivity index (χ2n) is 7.01. The number of carbonyl (C=O) groups excluding carboxylic acids is 2. The van der Waals surface area contributed by atoms with Crippen LogP contribution >= 0.6 is 0 Å². The number of nitrogens with one attached hydrogen (secondary N) is 1. The van der Waals surface area contributed by atoms with E-state index in [9.17, 15) is 9.59 Å². The van der Waals surface area contributed by atoms with Gasteiger partial charge < -0.3 is 14.8 Å². The zero-order valence-electron chi connectivity index (χ0n) is 18.0. The van der Waals surface area contributed by atoms with E-state index in [1.165, 1.54) is 18.0 Å². The van der Waals surface area contributed by atoms with Crippen molar-refractivity contribution in [3.8, 4) is 11.6 Å². The van der Waals surface area contributed by atoms with Crippen molar-refractivity contribution >= 4 is 28.6 Å². The summed E-state index contributed by atoms with van der Waals surface area (Å²) < 4.78 is 11.9. The van der Waals surface area contributed by atoms with Crippen molar-refractivity contribution in [2.45, 2.75) is 13.8 Å². The third kappa shape index (κ3) is 3.90. The Kier molecular flexibility index (Phi) is 5.85. The zero-order valence-corrected chi connectivity index (χ0v) is 18.0. The average molecular weight is 430 g/mol. The number of hydrogen-bond donors (Lipinski definition) is 1. The van der Waals surface area contributed by atoms with Gasteiger partial charge in [0.15, 0.2) is 11.6 Å². The fraction of sp³-hybridized carbons (Fsp3) is 0.167. The van der Waals surface area contributed by atoms with Gasteiger partial charge in [0.05, 0.1) is 31.0 Å². The number of benzene rings is 2. The number of aryl methyl sites for hydroxylation is 1. The molecule has 0 aliphatic carbocycles. The van der Waals surface area contributed by atoms with Crippen molar-refractivity contribution in [3.63, 3.8) is 0 Å². The molecule has 0 bridgehead atoms. The van der Waals surface area contributed by atoms with E-state index < -0.39 is 11.9 Å². The molecule has 8 nitrogen and oxygen atoms in total. The highest BCUT2D eigenvalue weighted by atomic mass is 16.5. The Hall–Kier alpha value is -4.20. The molecule has 4 aromatic rings. The summed E-state index contributed by atoms with van der Waals surface area (Å²) in [5.74, 6) is 0.000819. The molecule has 4 rings (SSSR count). The maximum atomic E-state index is 13.1. The van der Waals surface area contributed by atoms with Crippen LogP contribution in [0.2, 0.25) is 0 Å². The van der Waals surface area contributed by atoms with Crippen LogP contribution in [0.25, 0.3) is 16.7 Å². The molecule has 0 radical (unpaired) electrons. The second kappa shape index (κ2) is 8.89. The van der Waals surface area contributed by atoms with Crippen LogP contribution in [0.4, 0.5) is 5.82 Å². The predicted molar refractivity (Wildman–Crippen MR) is 121 cm³/mol. The number of hydrogen-bond acceptors (Lipinski definition) is 6. The number of nitrogens with zero attached hydrogens (tertiary/aromatic N) is 3. The summed E-state index contributed by atoms with van der Waals surface area (Å²) in [6.45, 7) is 3.87. The van der Waals surface area contributed by atoms with Crippen molar-refractivity contribution in [1.82, 2.24) is 14.8 Å². The van der Waals surface area contributed by atoms with E-state index in [2.05, 4.69) is 15.4 Å². The molecule has 0 spiro atoms. The summed E-state index contributed by atoms with van der Waals surface area (Å²) in [7, 11) is 1.49. The van der Waals surface area contributed by atoms with Crippen LogP contribution in [0.5, 0.6) is 5.75 Å². The van der Waals surface area contributed by atoms with Gasteiger partial charge in [0.1, 0.15) is 11.3 Å². The van der Waals surface area contributed by atoms with E-state index in [0.717, 1.165) is 16.5 Å². The van der Waals surface area contributed by atoms with Crippen molar-refractivity contribution in [2.24, 2.45) is 0 Å². The van der Waals surface area contributed by atoms with E-state index in [-0.39, 0.29) is 18.0 Å². The average Bonchev–Trinajstić information content (AvgIpc) is 3.22. The number of carbonyl (C=O) groups is 2. The molecule has 0 aliphatic heterocycles. The number of anilines is 1. The predicted octanol–water partition coefficient (Wildman–Crippen LogP) is 4.17. The molecule has 8 heteroatoms. The lowest BCUT2D eigenvalue weighted by atomic mass is 10.1. The summed E-state index contributed by atoms with van der Waals surface area (Å²) in [5, 5.41) is 8.14. The van der Waals surface area contributed by atoms with Gasteiger partial charge in [-0.25, -0.2) is 9.78 Å². The van der Waals surface area contributed by atoms with Crippen LogP contribution in [0.15, 0.2) is 60.8 Å². The lowest BCUT2D eigenvalue weighted by Crippen LogP contribution is -2.19. The van der Waals surface area contributed by atoms with Gasteiger partial charge in [0.2, 0.25) is 0 Å². The molecule has 2 aromatic carbocycles. The first-order valence-corrected chi connectivity index (χ1v) is 10.1. The van der Waals surface area contributed by atoms with Crippen molar-refractivity contribution in [1.29, 1.82) is 0 Å². The van der Waals surface area contributed by atoms with E-state index in [0.29, 0.717) is 17.1 Å². The number of esters is 1. The molecule has 1 N–H and O–H groups in total. The minimum atomic E-state index is -0.591. The fourth-order valence-corrected chi connectivity index (χ4v) is 3.45. The first-order valence-electron chi connectivity index (χ1n) is 10.1. The number of fused-ring (bicyclic) bond motifs is 1. The number of aromatic nitrogens is 3. The van der Waals surface area contributed by atoms with Gasteiger partial charge in [0, 0.05) is 5.39 Å². The highest BCUT2D eigenvalue weighted by Gasteiger charge is 2.24.